The molecular weight excluding hydrogens is 270 g/mol. The predicted molar refractivity (Wildman–Crippen MR) is 82.6 cm³/mol. The fraction of sp³-hybridized carbons (Fsp3) is 0.312. The van der Waals surface area contributed by atoms with Gasteiger partial charge < -0.3 is 10.1 Å². The average Bonchev–Trinajstić information content (AvgIpc) is 2.90. The number of thiophene rings is 1. The lowest BCUT2D eigenvalue weighted by Crippen LogP contribution is -2.21. The van der Waals surface area contributed by atoms with E-state index in [1.807, 2.05) is 30.5 Å². The number of benzene rings is 1. The van der Waals surface area contributed by atoms with Crippen molar-refractivity contribution in [2.75, 3.05) is 6.54 Å². The van der Waals surface area contributed by atoms with Crippen LogP contribution in [0.1, 0.15) is 33.3 Å². The first-order valence-corrected chi connectivity index (χ1v) is 7.54. The molecule has 0 atom stereocenters. The van der Waals surface area contributed by atoms with Gasteiger partial charge in [-0.1, -0.05) is 12.1 Å². The van der Waals surface area contributed by atoms with Gasteiger partial charge in [0.25, 0.3) is 5.91 Å². The van der Waals surface area contributed by atoms with E-state index < -0.39 is 0 Å². The second kappa shape index (κ2) is 6.57. The molecular formula is C16H19NO2S. The van der Waals surface area contributed by atoms with Gasteiger partial charge in [-0.25, -0.2) is 0 Å². The quantitative estimate of drug-likeness (QED) is 0.911. The van der Waals surface area contributed by atoms with Crippen LogP contribution in [0.3, 0.4) is 0 Å². The first-order valence-electron chi connectivity index (χ1n) is 6.66. The minimum absolute atomic E-state index is 0.0181. The first kappa shape index (κ1) is 14.6. The largest absolute Gasteiger partial charge is 0.489 e. The standard InChI is InChI=1S/C16H19NO2S/c1-4-17-16(18)15-8-13(10-20-15)9-19-14-7-5-6-11(2)12(14)3/h5-8,10H,4,9H2,1-3H3,(H,17,18). The minimum Gasteiger partial charge on any atom is -0.489 e. The molecule has 2 rings (SSSR count). The first-order chi connectivity index (χ1) is 9.61. The third-order valence-corrected chi connectivity index (χ3v) is 4.14. The van der Waals surface area contributed by atoms with Crippen LogP contribution in [-0.4, -0.2) is 12.5 Å². The van der Waals surface area contributed by atoms with E-state index in [0.717, 1.165) is 21.8 Å². The van der Waals surface area contributed by atoms with E-state index in [1.165, 1.54) is 16.9 Å². The summed E-state index contributed by atoms with van der Waals surface area (Å²) in [7, 11) is 0. The van der Waals surface area contributed by atoms with Crippen LogP contribution in [0.5, 0.6) is 5.75 Å². The minimum atomic E-state index is -0.0181. The lowest BCUT2D eigenvalue weighted by atomic mass is 10.1. The number of hydrogen-bond acceptors (Lipinski definition) is 3. The second-order valence-electron chi connectivity index (χ2n) is 4.67. The molecule has 0 radical (unpaired) electrons. The Morgan fingerprint density at radius 1 is 1.35 bits per heavy atom. The summed E-state index contributed by atoms with van der Waals surface area (Å²) in [5, 5.41) is 4.76. The third kappa shape index (κ3) is 3.39. The molecule has 1 heterocycles. The topological polar surface area (TPSA) is 38.3 Å². The van der Waals surface area contributed by atoms with Crippen LogP contribution in [0, 0.1) is 13.8 Å². The summed E-state index contributed by atoms with van der Waals surface area (Å²) in [4.78, 5) is 12.4. The lowest BCUT2D eigenvalue weighted by Gasteiger charge is -2.09. The maximum atomic E-state index is 11.7. The van der Waals surface area contributed by atoms with Crippen molar-refractivity contribution in [1.29, 1.82) is 0 Å². The van der Waals surface area contributed by atoms with E-state index in [4.69, 9.17) is 4.74 Å². The smallest absolute Gasteiger partial charge is 0.261 e. The third-order valence-electron chi connectivity index (χ3n) is 3.16. The predicted octanol–water partition coefficient (Wildman–Crippen LogP) is 3.69. The number of amides is 1. The highest BCUT2D eigenvalue weighted by Crippen LogP contribution is 2.23. The number of carbonyl (C=O) groups is 1. The van der Waals surface area contributed by atoms with Gasteiger partial charge >= 0.3 is 0 Å². The summed E-state index contributed by atoms with van der Waals surface area (Å²) >= 11 is 1.45. The van der Waals surface area contributed by atoms with Gasteiger partial charge in [0.05, 0.1) is 4.88 Å². The fourth-order valence-electron chi connectivity index (χ4n) is 1.86. The Kier molecular flexibility index (Phi) is 4.79. The van der Waals surface area contributed by atoms with Gasteiger partial charge in [0.15, 0.2) is 0 Å². The van der Waals surface area contributed by atoms with Crippen molar-refractivity contribution in [1.82, 2.24) is 5.32 Å². The number of carbonyl (C=O) groups excluding carboxylic acids is 1. The Balaban J connectivity index is 2.01. The molecule has 1 N–H and O–H groups in total. The Labute approximate surface area is 123 Å². The average molecular weight is 289 g/mol. The Bertz CT molecular complexity index is 604. The van der Waals surface area contributed by atoms with Gasteiger partial charge in [0, 0.05) is 12.1 Å². The highest BCUT2D eigenvalue weighted by Gasteiger charge is 2.09. The molecule has 0 spiro atoms. The van der Waals surface area contributed by atoms with Crippen LogP contribution >= 0.6 is 11.3 Å². The summed E-state index contributed by atoms with van der Waals surface area (Å²) in [6.07, 6.45) is 0. The van der Waals surface area contributed by atoms with Crippen LogP contribution in [-0.2, 0) is 6.61 Å². The second-order valence-corrected chi connectivity index (χ2v) is 5.58. The monoisotopic (exact) mass is 289 g/mol. The van der Waals surface area contributed by atoms with Crippen LogP contribution < -0.4 is 10.1 Å². The van der Waals surface area contributed by atoms with E-state index in [-0.39, 0.29) is 5.91 Å². The molecule has 0 aliphatic carbocycles. The van der Waals surface area contributed by atoms with Crippen molar-refractivity contribution >= 4 is 17.2 Å². The molecule has 20 heavy (non-hydrogen) atoms. The van der Waals surface area contributed by atoms with Crippen molar-refractivity contribution in [3.63, 3.8) is 0 Å². The number of hydrogen-bond donors (Lipinski definition) is 1. The van der Waals surface area contributed by atoms with Crippen molar-refractivity contribution in [2.45, 2.75) is 27.4 Å². The van der Waals surface area contributed by atoms with E-state index in [1.54, 1.807) is 0 Å². The normalized spacial score (nSPS) is 10.3. The maximum Gasteiger partial charge on any atom is 0.261 e. The molecule has 106 valence electrons. The summed E-state index contributed by atoms with van der Waals surface area (Å²) in [6.45, 7) is 7.17. The van der Waals surface area contributed by atoms with Crippen LogP contribution in [0.15, 0.2) is 29.6 Å². The van der Waals surface area contributed by atoms with Crippen molar-refractivity contribution in [3.8, 4) is 5.75 Å². The Hall–Kier alpha value is -1.81. The van der Waals surface area contributed by atoms with Gasteiger partial charge in [0.1, 0.15) is 12.4 Å². The lowest BCUT2D eigenvalue weighted by molar-refractivity contribution is 0.0960. The number of rotatable bonds is 5. The number of aryl methyl sites for hydroxylation is 1. The highest BCUT2D eigenvalue weighted by molar-refractivity contribution is 7.12. The van der Waals surface area contributed by atoms with Crippen LogP contribution in [0.25, 0.3) is 0 Å². The van der Waals surface area contributed by atoms with Crippen LogP contribution in [0.2, 0.25) is 0 Å². The zero-order valence-corrected chi connectivity index (χ0v) is 12.8. The summed E-state index contributed by atoms with van der Waals surface area (Å²) in [5.74, 6) is 0.881. The molecule has 0 aliphatic rings. The van der Waals surface area contributed by atoms with E-state index in [9.17, 15) is 4.79 Å². The molecule has 1 aromatic heterocycles. The van der Waals surface area contributed by atoms with Crippen molar-refractivity contribution < 1.29 is 9.53 Å². The summed E-state index contributed by atoms with van der Waals surface area (Å²) < 4.78 is 5.83. The summed E-state index contributed by atoms with van der Waals surface area (Å²) in [6, 6.07) is 7.92. The Morgan fingerprint density at radius 2 is 2.15 bits per heavy atom. The molecule has 0 bridgehead atoms. The molecule has 3 nitrogen and oxygen atoms in total. The molecule has 0 saturated carbocycles. The van der Waals surface area contributed by atoms with Gasteiger partial charge in [-0.2, -0.15) is 0 Å². The molecule has 0 fully saturated rings. The van der Waals surface area contributed by atoms with Gasteiger partial charge in [-0.05, 0) is 49.4 Å². The van der Waals surface area contributed by atoms with Crippen molar-refractivity contribution in [2.24, 2.45) is 0 Å². The Morgan fingerprint density at radius 3 is 2.90 bits per heavy atom. The van der Waals surface area contributed by atoms with E-state index in [2.05, 4.69) is 25.2 Å². The molecule has 0 unspecified atom stereocenters. The van der Waals surface area contributed by atoms with Gasteiger partial charge in [-0.15, -0.1) is 11.3 Å². The summed E-state index contributed by atoms with van der Waals surface area (Å²) in [5.41, 5.74) is 3.40. The van der Waals surface area contributed by atoms with Crippen molar-refractivity contribution in [3.05, 3.63) is 51.2 Å². The highest BCUT2D eigenvalue weighted by atomic mass is 32.1. The van der Waals surface area contributed by atoms with Gasteiger partial charge in [-0.3, -0.25) is 4.79 Å². The SMILES string of the molecule is CCNC(=O)c1cc(COc2cccc(C)c2C)cs1. The van der Waals surface area contributed by atoms with E-state index >= 15 is 0 Å². The molecule has 1 amide bonds. The van der Waals surface area contributed by atoms with E-state index in [0.29, 0.717) is 13.2 Å². The number of nitrogens with one attached hydrogen (secondary N) is 1. The molecule has 0 saturated heterocycles. The molecule has 1 aromatic carbocycles. The van der Waals surface area contributed by atoms with Crippen LogP contribution in [0.4, 0.5) is 0 Å². The number of ether oxygens (including phenoxy) is 1. The molecule has 2 aromatic rings. The fourth-order valence-corrected chi connectivity index (χ4v) is 2.67. The molecule has 0 aliphatic heterocycles. The zero-order chi connectivity index (χ0) is 14.5. The van der Waals surface area contributed by atoms with Gasteiger partial charge in [0.2, 0.25) is 0 Å². The maximum absolute atomic E-state index is 11.7. The zero-order valence-electron chi connectivity index (χ0n) is 12.0. The molecule has 4 heteroatoms.